The van der Waals surface area contributed by atoms with Crippen molar-refractivity contribution in [3.8, 4) is 5.75 Å². The minimum absolute atomic E-state index is 0.143. The van der Waals surface area contributed by atoms with Crippen LogP contribution in [-0.4, -0.2) is 43.1 Å². The Labute approximate surface area is 140 Å². The number of methoxy groups -OCH3 is 1. The number of esters is 1. The van der Waals surface area contributed by atoms with Crippen LogP contribution in [0, 0.1) is 0 Å². The highest BCUT2D eigenvalue weighted by atomic mass is 35.5. The van der Waals surface area contributed by atoms with E-state index in [1.54, 1.807) is 25.1 Å². The van der Waals surface area contributed by atoms with Gasteiger partial charge in [0.2, 0.25) is 0 Å². The minimum atomic E-state index is -0.726. The van der Waals surface area contributed by atoms with E-state index in [4.69, 9.17) is 27.9 Å². The zero-order chi connectivity index (χ0) is 16.7. The Morgan fingerprint density at radius 2 is 2.00 bits per heavy atom. The lowest BCUT2D eigenvalue weighted by Gasteiger charge is -2.24. The van der Waals surface area contributed by atoms with Crippen LogP contribution >= 0.6 is 23.2 Å². The molecule has 0 heterocycles. The van der Waals surface area contributed by atoms with Crippen molar-refractivity contribution in [2.45, 2.75) is 26.4 Å². The van der Waals surface area contributed by atoms with Crippen LogP contribution in [0.2, 0.25) is 10.0 Å². The van der Waals surface area contributed by atoms with E-state index >= 15 is 0 Å². The summed E-state index contributed by atoms with van der Waals surface area (Å²) in [6.45, 7) is 4.22. The number of ether oxygens (including phenoxy) is 2. The van der Waals surface area contributed by atoms with Crippen LogP contribution in [0.4, 0.5) is 0 Å². The number of benzene rings is 1. The summed E-state index contributed by atoms with van der Waals surface area (Å²) in [5.74, 6) is -0.200. The zero-order valence-corrected chi connectivity index (χ0v) is 14.3. The van der Waals surface area contributed by atoms with Crippen LogP contribution in [0.3, 0.4) is 0 Å². The van der Waals surface area contributed by atoms with Crippen molar-refractivity contribution < 1.29 is 19.1 Å². The molecular weight excluding hydrogens is 329 g/mol. The molecule has 0 aliphatic rings. The lowest BCUT2D eigenvalue weighted by atomic mass is 10.3. The topological polar surface area (TPSA) is 55.8 Å². The molecule has 0 aliphatic heterocycles. The van der Waals surface area contributed by atoms with Crippen molar-refractivity contribution in [3.05, 3.63) is 28.2 Å². The summed E-state index contributed by atoms with van der Waals surface area (Å²) in [6, 6.07) is 4.79. The maximum atomic E-state index is 12.3. The van der Waals surface area contributed by atoms with E-state index in [0.717, 1.165) is 0 Å². The summed E-state index contributed by atoms with van der Waals surface area (Å²) in [5, 5.41) is 0.828. The zero-order valence-electron chi connectivity index (χ0n) is 12.8. The average molecular weight is 348 g/mol. The first-order valence-electron chi connectivity index (χ1n) is 6.86. The van der Waals surface area contributed by atoms with E-state index in [1.807, 2.05) is 6.92 Å². The van der Waals surface area contributed by atoms with Gasteiger partial charge in [-0.2, -0.15) is 0 Å². The van der Waals surface area contributed by atoms with Crippen molar-refractivity contribution in [3.63, 3.8) is 0 Å². The number of amides is 1. The predicted molar refractivity (Wildman–Crippen MR) is 85.4 cm³/mol. The fourth-order valence-electron chi connectivity index (χ4n) is 1.82. The number of hydrogen-bond donors (Lipinski definition) is 0. The van der Waals surface area contributed by atoms with Crippen LogP contribution in [0.1, 0.15) is 20.3 Å². The third-order valence-electron chi connectivity index (χ3n) is 3.05. The lowest BCUT2D eigenvalue weighted by Crippen LogP contribution is -2.41. The Hall–Kier alpha value is -1.46. The molecule has 1 amide bonds. The lowest BCUT2D eigenvalue weighted by molar-refractivity contribution is -0.143. The molecule has 5 nitrogen and oxygen atoms in total. The molecule has 0 saturated heterocycles. The quantitative estimate of drug-likeness (QED) is 0.711. The molecule has 22 heavy (non-hydrogen) atoms. The second-order valence-corrected chi connectivity index (χ2v) is 5.42. The summed E-state index contributed by atoms with van der Waals surface area (Å²) in [5.41, 5.74) is 0. The van der Waals surface area contributed by atoms with Gasteiger partial charge in [-0.25, -0.2) is 0 Å². The number of carbonyl (C=O) groups is 2. The molecule has 0 spiro atoms. The van der Waals surface area contributed by atoms with Crippen molar-refractivity contribution >= 4 is 35.1 Å². The summed E-state index contributed by atoms with van der Waals surface area (Å²) in [6.07, 6.45) is -0.582. The number of nitrogens with zero attached hydrogens (tertiary/aromatic N) is 1. The normalized spacial score (nSPS) is 11.7. The van der Waals surface area contributed by atoms with Crippen molar-refractivity contribution in [2.24, 2.45) is 0 Å². The number of likely N-dealkylation sites (N-methyl/N-ethyl adjacent to an activating group) is 1. The van der Waals surface area contributed by atoms with E-state index in [2.05, 4.69) is 4.74 Å². The van der Waals surface area contributed by atoms with Crippen LogP contribution in [0.5, 0.6) is 5.75 Å². The van der Waals surface area contributed by atoms with E-state index in [-0.39, 0.29) is 24.8 Å². The molecule has 122 valence electrons. The van der Waals surface area contributed by atoms with Crippen LogP contribution in [0.15, 0.2) is 18.2 Å². The largest absolute Gasteiger partial charge is 0.479 e. The molecule has 0 aromatic heterocycles. The summed E-state index contributed by atoms with van der Waals surface area (Å²) in [4.78, 5) is 25.0. The van der Waals surface area contributed by atoms with Crippen LogP contribution in [0.25, 0.3) is 0 Å². The maximum absolute atomic E-state index is 12.3. The molecule has 1 unspecified atom stereocenters. The van der Waals surface area contributed by atoms with Gasteiger partial charge < -0.3 is 14.4 Å². The van der Waals surface area contributed by atoms with Gasteiger partial charge >= 0.3 is 5.97 Å². The number of rotatable bonds is 7. The standard InChI is InChI=1S/C15H19Cl2NO4/c1-4-18(8-7-14(19)21-3)15(20)10(2)22-13-6-5-11(16)9-12(13)17/h5-6,9-10H,4,7-8H2,1-3H3. The molecule has 0 fully saturated rings. The first kappa shape index (κ1) is 18.6. The molecular formula is C15H19Cl2NO4. The van der Waals surface area contributed by atoms with Gasteiger partial charge in [-0.05, 0) is 32.0 Å². The Morgan fingerprint density at radius 3 is 2.55 bits per heavy atom. The number of halogens is 2. The Bertz CT molecular complexity index is 536. The smallest absolute Gasteiger partial charge is 0.307 e. The number of carbonyl (C=O) groups excluding carboxylic acids is 2. The van der Waals surface area contributed by atoms with Crippen LogP contribution < -0.4 is 4.74 Å². The van der Waals surface area contributed by atoms with E-state index in [1.165, 1.54) is 12.0 Å². The van der Waals surface area contributed by atoms with Gasteiger partial charge in [0.1, 0.15) is 5.75 Å². The molecule has 0 aliphatic carbocycles. The van der Waals surface area contributed by atoms with Gasteiger partial charge in [0.05, 0.1) is 18.6 Å². The highest BCUT2D eigenvalue weighted by Crippen LogP contribution is 2.28. The third-order valence-corrected chi connectivity index (χ3v) is 3.58. The van der Waals surface area contributed by atoms with Gasteiger partial charge in [0.25, 0.3) is 5.91 Å². The van der Waals surface area contributed by atoms with E-state index in [9.17, 15) is 9.59 Å². The molecule has 1 rings (SSSR count). The predicted octanol–water partition coefficient (Wildman–Crippen LogP) is 3.17. The van der Waals surface area contributed by atoms with E-state index in [0.29, 0.717) is 22.3 Å². The first-order valence-corrected chi connectivity index (χ1v) is 7.62. The highest BCUT2D eigenvalue weighted by Gasteiger charge is 2.22. The summed E-state index contributed by atoms with van der Waals surface area (Å²) < 4.78 is 10.1. The fourth-order valence-corrected chi connectivity index (χ4v) is 2.27. The second kappa shape index (κ2) is 8.86. The van der Waals surface area contributed by atoms with Gasteiger partial charge in [-0.3, -0.25) is 9.59 Å². The maximum Gasteiger partial charge on any atom is 0.307 e. The van der Waals surface area contributed by atoms with E-state index < -0.39 is 6.10 Å². The molecule has 1 atom stereocenters. The van der Waals surface area contributed by atoms with Crippen molar-refractivity contribution in [1.29, 1.82) is 0 Å². The molecule has 0 bridgehead atoms. The summed E-state index contributed by atoms with van der Waals surface area (Å²) in [7, 11) is 1.31. The van der Waals surface area contributed by atoms with Crippen molar-refractivity contribution in [2.75, 3.05) is 20.2 Å². The minimum Gasteiger partial charge on any atom is -0.479 e. The molecule has 7 heteroatoms. The first-order chi connectivity index (χ1) is 10.4. The SMILES string of the molecule is CCN(CCC(=O)OC)C(=O)C(C)Oc1ccc(Cl)cc1Cl. The molecule has 0 saturated carbocycles. The Kier molecular flexibility index (Phi) is 7.48. The number of hydrogen-bond acceptors (Lipinski definition) is 4. The third kappa shape index (κ3) is 5.39. The second-order valence-electron chi connectivity index (χ2n) is 4.58. The van der Waals surface area contributed by atoms with Gasteiger partial charge in [0.15, 0.2) is 6.10 Å². The van der Waals surface area contributed by atoms with Gasteiger partial charge in [-0.15, -0.1) is 0 Å². The monoisotopic (exact) mass is 347 g/mol. The highest BCUT2D eigenvalue weighted by molar-refractivity contribution is 6.35. The molecule has 0 N–H and O–H groups in total. The molecule has 1 aromatic rings. The van der Waals surface area contributed by atoms with Gasteiger partial charge in [0, 0.05) is 18.1 Å². The molecule has 0 radical (unpaired) electrons. The summed E-state index contributed by atoms with van der Waals surface area (Å²) >= 11 is 11.8. The molecule has 1 aromatic carbocycles. The Balaban J connectivity index is 2.67. The van der Waals surface area contributed by atoms with Crippen LogP contribution in [-0.2, 0) is 14.3 Å². The van der Waals surface area contributed by atoms with Gasteiger partial charge in [-0.1, -0.05) is 23.2 Å². The van der Waals surface area contributed by atoms with Crippen molar-refractivity contribution in [1.82, 2.24) is 4.90 Å². The Morgan fingerprint density at radius 1 is 1.32 bits per heavy atom. The fraction of sp³-hybridized carbons (Fsp3) is 0.467. The average Bonchev–Trinajstić information content (AvgIpc) is 2.49.